The second-order valence-electron chi connectivity index (χ2n) is 5.16. The molecule has 1 aromatic rings. The van der Waals surface area contributed by atoms with Gasteiger partial charge in [-0.3, -0.25) is 25.0 Å². The van der Waals surface area contributed by atoms with Crippen LogP contribution in [-0.4, -0.2) is 39.9 Å². The van der Waals surface area contributed by atoms with Crippen LogP contribution in [-0.2, 0) is 16.1 Å². The summed E-state index contributed by atoms with van der Waals surface area (Å²) in [6, 6.07) is 4.02. The molecule has 0 spiro atoms. The molecule has 1 atom stereocenters. The van der Waals surface area contributed by atoms with E-state index in [0.29, 0.717) is 16.8 Å². The molecule has 2 heterocycles. The Bertz CT molecular complexity index is 706. The van der Waals surface area contributed by atoms with E-state index in [1.54, 1.807) is 18.2 Å². The third kappa shape index (κ3) is 2.98. The first kappa shape index (κ1) is 16.8. The summed E-state index contributed by atoms with van der Waals surface area (Å²) in [7, 11) is 0. The van der Waals surface area contributed by atoms with Gasteiger partial charge in [0.15, 0.2) is 0 Å². The molecule has 4 amide bonds. The van der Waals surface area contributed by atoms with Gasteiger partial charge in [0, 0.05) is 29.8 Å². The monoisotopic (exact) mass is 339 g/mol. The van der Waals surface area contributed by atoms with E-state index in [1.807, 2.05) is 0 Å². The number of amides is 4. The molecule has 0 aliphatic carbocycles. The van der Waals surface area contributed by atoms with Gasteiger partial charge in [0.2, 0.25) is 11.8 Å². The van der Waals surface area contributed by atoms with Crippen LogP contribution in [0, 0.1) is 0 Å². The fourth-order valence-electron chi connectivity index (χ4n) is 2.82. The van der Waals surface area contributed by atoms with Gasteiger partial charge in [-0.25, -0.2) is 4.79 Å². The van der Waals surface area contributed by atoms with Crippen molar-refractivity contribution >= 4 is 41.9 Å². The van der Waals surface area contributed by atoms with E-state index in [4.69, 9.17) is 5.11 Å². The summed E-state index contributed by atoms with van der Waals surface area (Å²) in [5, 5.41) is 13.3. The maximum atomic E-state index is 12.4. The number of hydrogen-bond donors (Lipinski definition) is 3. The van der Waals surface area contributed by atoms with Crippen LogP contribution in [0.1, 0.15) is 28.8 Å². The molecule has 8 nitrogen and oxygen atoms in total. The number of imide groups is 1. The van der Waals surface area contributed by atoms with Gasteiger partial charge in [-0.15, -0.1) is 12.4 Å². The SMILES string of the molecule is Cl.O=C(O)Nc1cccc2c1CN(C1CCC(=O)NC1=O)C2=O. The number of fused-ring (bicyclic) bond motifs is 1. The molecule has 122 valence electrons. The predicted molar refractivity (Wildman–Crippen MR) is 81.4 cm³/mol. The van der Waals surface area contributed by atoms with Gasteiger partial charge < -0.3 is 10.0 Å². The molecule has 3 N–H and O–H groups in total. The summed E-state index contributed by atoms with van der Waals surface area (Å²) in [5.41, 5.74) is 1.24. The second kappa shape index (κ2) is 6.25. The molecule has 2 aliphatic heterocycles. The lowest BCUT2D eigenvalue weighted by Crippen LogP contribution is -2.52. The van der Waals surface area contributed by atoms with Crippen LogP contribution in [0.4, 0.5) is 10.5 Å². The fraction of sp³-hybridized carbons (Fsp3) is 0.286. The lowest BCUT2D eigenvalue weighted by Gasteiger charge is -2.29. The van der Waals surface area contributed by atoms with E-state index in [1.165, 1.54) is 4.90 Å². The zero-order valence-electron chi connectivity index (χ0n) is 11.9. The van der Waals surface area contributed by atoms with Crippen molar-refractivity contribution in [3.05, 3.63) is 29.3 Å². The molecular formula is C14H14ClN3O5. The number of carbonyl (C=O) groups excluding carboxylic acids is 3. The fourth-order valence-corrected chi connectivity index (χ4v) is 2.82. The minimum absolute atomic E-state index is 0. The van der Waals surface area contributed by atoms with Crippen LogP contribution in [0.15, 0.2) is 18.2 Å². The molecule has 0 radical (unpaired) electrons. The minimum atomic E-state index is -1.22. The van der Waals surface area contributed by atoms with Crippen LogP contribution in [0.3, 0.4) is 0 Å². The van der Waals surface area contributed by atoms with Crippen molar-refractivity contribution in [3.8, 4) is 0 Å². The topological polar surface area (TPSA) is 116 Å². The molecular weight excluding hydrogens is 326 g/mol. The molecule has 2 aliphatic rings. The number of nitrogens with one attached hydrogen (secondary N) is 2. The van der Waals surface area contributed by atoms with E-state index in [2.05, 4.69) is 10.6 Å². The standard InChI is InChI=1S/C14H13N3O5.ClH/c18-11-5-4-10(12(19)16-11)17-6-8-7(13(17)20)2-1-3-9(8)15-14(21)22;/h1-3,10,15H,4-6H2,(H,21,22)(H,16,18,19);1H. The molecule has 0 saturated carbocycles. The van der Waals surface area contributed by atoms with Crippen LogP contribution >= 0.6 is 12.4 Å². The molecule has 1 unspecified atom stereocenters. The number of carbonyl (C=O) groups is 4. The van der Waals surface area contributed by atoms with Crippen LogP contribution in [0.5, 0.6) is 0 Å². The van der Waals surface area contributed by atoms with Gasteiger partial charge in [-0.2, -0.15) is 0 Å². The summed E-state index contributed by atoms with van der Waals surface area (Å²) < 4.78 is 0. The second-order valence-corrected chi connectivity index (χ2v) is 5.16. The predicted octanol–water partition coefficient (Wildman–Crippen LogP) is 0.959. The first-order chi connectivity index (χ1) is 10.5. The number of halogens is 1. The molecule has 1 aromatic carbocycles. The highest BCUT2D eigenvalue weighted by Crippen LogP contribution is 2.32. The summed E-state index contributed by atoms with van der Waals surface area (Å²) in [5.74, 6) is -1.18. The molecule has 0 bridgehead atoms. The highest BCUT2D eigenvalue weighted by molar-refractivity contribution is 6.06. The van der Waals surface area contributed by atoms with Gasteiger partial charge in [0.05, 0.1) is 0 Å². The number of benzene rings is 1. The molecule has 3 rings (SSSR count). The summed E-state index contributed by atoms with van der Waals surface area (Å²) in [6.07, 6.45) is -0.775. The van der Waals surface area contributed by atoms with Crippen molar-refractivity contribution < 1.29 is 24.3 Å². The van der Waals surface area contributed by atoms with E-state index in [-0.39, 0.29) is 43.6 Å². The minimum Gasteiger partial charge on any atom is -0.465 e. The summed E-state index contributed by atoms with van der Waals surface area (Å²) in [4.78, 5) is 47.7. The zero-order valence-corrected chi connectivity index (χ0v) is 12.7. The maximum Gasteiger partial charge on any atom is 0.409 e. The lowest BCUT2D eigenvalue weighted by molar-refractivity contribution is -0.136. The van der Waals surface area contributed by atoms with E-state index in [0.717, 1.165) is 0 Å². The highest BCUT2D eigenvalue weighted by atomic mass is 35.5. The van der Waals surface area contributed by atoms with Crippen LogP contribution in [0.2, 0.25) is 0 Å². The number of anilines is 1. The zero-order chi connectivity index (χ0) is 15.9. The Balaban J connectivity index is 0.00000192. The highest BCUT2D eigenvalue weighted by Gasteiger charge is 2.39. The number of nitrogens with zero attached hydrogens (tertiary/aromatic N) is 1. The van der Waals surface area contributed by atoms with E-state index >= 15 is 0 Å². The quantitative estimate of drug-likeness (QED) is 0.694. The van der Waals surface area contributed by atoms with Crippen molar-refractivity contribution in [2.75, 3.05) is 5.32 Å². The Kier molecular flexibility index (Phi) is 4.55. The first-order valence-electron chi connectivity index (χ1n) is 6.74. The first-order valence-corrected chi connectivity index (χ1v) is 6.74. The van der Waals surface area contributed by atoms with Crippen molar-refractivity contribution in [2.45, 2.75) is 25.4 Å². The van der Waals surface area contributed by atoms with E-state index < -0.39 is 18.0 Å². The molecule has 23 heavy (non-hydrogen) atoms. The van der Waals surface area contributed by atoms with Crippen molar-refractivity contribution in [2.24, 2.45) is 0 Å². The van der Waals surface area contributed by atoms with Gasteiger partial charge in [0.25, 0.3) is 5.91 Å². The number of piperidine rings is 1. The largest absolute Gasteiger partial charge is 0.465 e. The molecule has 0 aromatic heterocycles. The summed E-state index contributed by atoms with van der Waals surface area (Å²) >= 11 is 0. The molecule has 1 saturated heterocycles. The number of carboxylic acid groups (broad SMARTS) is 1. The van der Waals surface area contributed by atoms with Gasteiger partial charge in [-0.05, 0) is 18.6 Å². The average molecular weight is 340 g/mol. The average Bonchev–Trinajstić information content (AvgIpc) is 2.77. The summed E-state index contributed by atoms with van der Waals surface area (Å²) in [6.45, 7) is 0.136. The third-order valence-electron chi connectivity index (χ3n) is 3.82. The Morgan fingerprint density at radius 3 is 2.70 bits per heavy atom. The van der Waals surface area contributed by atoms with Crippen molar-refractivity contribution in [3.63, 3.8) is 0 Å². The lowest BCUT2D eigenvalue weighted by atomic mass is 10.0. The Hall–Kier alpha value is -2.61. The van der Waals surface area contributed by atoms with Gasteiger partial charge >= 0.3 is 6.09 Å². The Morgan fingerprint density at radius 1 is 1.30 bits per heavy atom. The van der Waals surface area contributed by atoms with Crippen molar-refractivity contribution in [1.82, 2.24) is 10.2 Å². The van der Waals surface area contributed by atoms with Gasteiger partial charge in [-0.1, -0.05) is 6.07 Å². The Labute approximate surface area is 137 Å². The van der Waals surface area contributed by atoms with Crippen molar-refractivity contribution in [1.29, 1.82) is 0 Å². The smallest absolute Gasteiger partial charge is 0.409 e. The molecule has 9 heteroatoms. The third-order valence-corrected chi connectivity index (χ3v) is 3.82. The number of hydrogen-bond acceptors (Lipinski definition) is 4. The Morgan fingerprint density at radius 2 is 2.04 bits per heavy atom. The van der Waals surface area contributed by atoms with Crippen LogP contribution < -0.4 is 10.6 Å². The maximum absolute atomic E-state index is 12.4. The van der Waals surface area contributed by atoms with Gasteiger partial charge in [0.1, 0.15) is 6.04 Å². The molecule has 1 fully saturated rings. The van der Waals surface area contributed by atoms with Crippen LogP contribution in [0.25, 0.3) is 0 Å². The van der Waals surface area contributed by atoms with E-state index in [9.17, 15) is 19.2 Å². The number of rotatable bonds is 2. The normalized spacial score (nSPS) is 19.7.